The summed E-state index contributed by atoms with van der Waals surface area (Å²) in [5.41, 5.74) is 4.26. The second-order valence-electron chi connectivity index (χ2n) is 5.93. The molecule has 1 aromatic rings. The normalized spacial score (nSPS) is 27.5. The van der Waals surface area contributed by atoms with E-state index in [9.17, 15) is 4.79 Å². The summed E-state index contributed by atoms with van der Waals surface area (Å²) in [6, 6.07) is 5.76. The number of allylic oxidation sites excluding steroid dienone is 2. The molecule has 1 aliphatic carbocycles. The van der Waals surface area contributed by atoms with Crippen molar-refractivity contribution in [3.8, 4) is 0 Å². The molecule has 0 bridgehead atoms. The molecule has 5 heteroatoms. The number of hydrogen-bond donors (Lipinski definition) is 0. The number of thioether (sulfide) groups is 1. The molecule has 4 rings (SSSR count). The van der Waals surface area contributed by atoms with Crippen molar-refractivity contribution >= 4 is 46.5 Å². The van der Waals surface area contributed by atoms with Crippen LogP contribution in [0.5, 0.6) is 0 Å². The first-order valence-electron chi connectivity index (χ1n) is 7.55. The van der Waals surface area contributed by atoms with Crippen molar-refractivity contribution in [1.29, 1.82) is 0 Å². The van der Waals surface area contributed by atoms with Gasteiger partial charge < -0.3 is 0 Å². The lowest BCUT2D eigenvalue weighted by Gasteiger charge is -2.35. The zero-order valence-corrected chi connectivity index (χ0v) is 14.3. The number of Topliss-reactive ketones (excluding diaryl/α,β-unsaturated/α-hetero) is 1. The molecule has 3 aliphatic rings. The summed E-state index contributed by atoms with van der Waals surface area (Å²) < 4.78 is 0. The molecule has 2 atom stereocenters. The third-order valence-corrected chi connectivity index (χ3v) is 6.77. The maximum absolute atomic E-state index is 12.4. The minimum Gasteiger partial charge on any atom is -0.294 e. The Balaban J connectivity index is 1.85. The number of carbonyl (C=O) groups excluding carboxylic acids is 1. The van der Waals surface area contributed by atoms with Crippen LogP contribution in [0.4, 0.5) is 0 Å². The van der Waals surface area contributed by atoms with E-state index in [1.165, 1.54) is 12.1 Å². The van der Waals surface area contributed by atoms with Crippen LogP contribution in [0, 0.1) is 0 Å². The number of carbonyl (C=O) groups is 1. The van der Waals surface area contributed by atoms with E-state index in [0.29, 0.717) is 16.5 Å². The second-order valence-corrected chi connectivity index (χ2v) is 8.00. The molecule has 0 aromatic heterocycles. The van der Waals surface area contributed by atoms with E-state index in [1.807, 2.05) is 30.0 Å². The van der Waals surface area contributed by atoms with Crippen LogP contribution in [0.25, 0.3) is 0 Å². The predicted molar refractivity (Wildman–Crippen MR) is 93.4 cm³/mol. The second kappa shape index (κ2) is 5.70. The highest BCUT2D eigenvalue weighted by molar-refractivity contribution is 8.00. The summed E-state index contributed by atoms with van der Waals surface area (Å²) in [6.07, 6.45) is 3.59. The lowest BCUT2D eigenvalue weighted by Crippen LogP contribution is -2.34. The van der Waals surface area contributed by atoms with Crippen molar-refractivity contribution in [2.45, 2.75) is 36.9 Å². The van der Waals surface area contributed by atoms with Gasteiger partial charge in [0.15, 0.2) is 5.78 Å². The van der Waals surface area contributed by atoms with Crippen molar-refractivity contribution in [2.24, 2.45) is 4.99 Å². The standard InChI is InChI=1S/C17H15Cl2NOS/c18-10-4-3-9(8-11(10)19)15-16-12(5-6-14(16)21)20-13-2-1-7-22-17(13)15/h3-4,8,15,17H,1-2,5-7H2. The van der Waals surface area contributed by atoms with Crippen LogP contribution in [0.15, 0.2) is 34.5 Å². The fraction of sp³-hybridized carbons (Fsp3) is 0.412. The smallest absolute Gasteiger partial charge is 0.161 e. The molecule has 2 nitrogen and oxygen atoms in total. The van der Waals surface area contributed by atoms with E-state index in [1.54, 1.807) is 0 Å². The molecule has 1 saturated heterocycles. The predicted octanol–water partition coefficient (Wildman–Crippen LogP) is 5.04. The molecule has 0 amide bonds. The molecule has 2 unspecified atom stereocenters. The number of halogens is 2. The molecule has 0 spiro atoms. The lowest BCUT2D eigenvalue weighted by atomic mass is 9.82. The monoisotopic (exact) mass is 351 g/mol. The highest BCUT2D eigenvalue weighted by atomic mass is 35.5. The zero-order valence-electron chi connectivity index (χ0n) is 11.9. The van der Waals surface area contributed by atoms with Gasteiger partial charge in [-0.2, -0.15) is 11.8 Å². The van der Waals surface area contributed by atoms with Gasteiger partial charge in [-0.3, -0.25) is 9.79 Å². The molecular weight excluding hydrogens is 337 g/mol. The number of rotatable bonds is 1. The van der Waals surface area contributed by atoms with Crippen LogP contribution in [-0.2, 0) is 4.79 Å². The Morgan fingerprint density at radius 2 is 2.00 bits per heavy atom. The average molecular weight is 352 g/mol. The molecule has 2 heterocycles. The van der Waals surface area contributed by atoms with Gasteiger partial charge in [0.25, 0.3) is 0 Å². The van der Waals surface area contributed by atoms with Gasteiger partial charge in [-0.25, -0.2) is 0 Å². The summed E-state index contributed by atoms with van der Waals surface area (Å²) in [4.78, 5) is 17.3. The first-order chi connectivity index (χ1) is 10.6. The molecule has 0 saturated carbocycles. The average Bonchev–Trinajstić information content (AvgIpc) is 2.89. The third kappa shape index (κ3) is 2.34. The van der Waals surface area contributed by atoms with Gasteiger partial charge >= 0.3 is 0 Å². The van der Waals surface area contributed by atoms with Crippen molar-refractivity contribution in [3.05, 3.63) is 45.1 Å². The highest BCUT2D eigenvalue weighted by Crippen LogP contribution is 2.48. The Morgan fingerprint density at radius 3 is 2.82 bits per heavy atom. The van der Waals surface area contributed by atoms with Gasteiger partial charge in [-0.1, -0.05) is 29.3 Å². The van der Waals surface area contributed by atoms with Crippen LogP contribution in [0.3, 0.4) is 0 Å². The quantitative estimate of drug-likeness (QED) is 0.708. The summed E-state index contributed by atoms with van der Waals surface area (Å²) in [5.74, 6) is 1.45. The van der Waals surface area contributed by atoms with Crippen LogP contribution in [0.1, 0.15) is 37.2 Å². The van der Waals surface area contributed by atoms with Crippen molar-refractivity contribution in [2.75, 3.05) is 5.75 Å². The van der Waals surface area contributed by atoms with E-state index in [2.05, 4.69) is 0 Å². The van der Waals surface area contributed by atoms with Gasteiger partial charge in [-0.05, 0) is 42.7 Å². The number of fused-ring (bicyclic) bond motifs is 1. The van der Waals surface area contributed by atoms with Crippen LogP contribution in [-0.4, -0.2) is 22.5 Å². The van der Waals surface area contributed by atoms with E-state index in [0.717, 1.165) is 35.4 Å². The van der Waals surface area contributed by atoms with Crippen molar-refractivity contribution < 1.29 is 4.79 Å². The maximum Gasteiger partial charge on any atom is 0.161 e. The number of benzene rings is 1. The van der Waals surface area contributed by atoms with Gasteiger partial charge in [0, 0.05) is 29.3 Å². The van der Waals surface area contributed by atoms with Gasteiger partial charge in [0.2, 0.25) is 0 Å². The minimum absolute atomic E-state index is 0.0811. The van der Waals surface area contributed by atoms with Crippen LogP contribution in [0.2, 0.25) is 10.0 Å². The van der Waals surface area contributed by atoms with Crippen molar-refractivity contribution in [3.63, 3.8) is 0 Å². The maximum atomic E-state index is 12.4. The van der Waals surface area contributed by atoms with E-state index < -0.39 is 0 Å². The van der Waals surface area contributed by atoms with Gasteiger partial charge in [0.05, 0.1) is 15.3 Å². The van der Waals surface area contributed by atoms with Gasteiger partial charge in [-0.15, -0.1) is 0 Å². The number of aliphatic imine (C=N–C) groups is 1. The largest absolute Gasteiger partial charge is 0.294 e. The van der Waals surface area contributed by atoms with Crippen LogP contribution >= 0.6 is 35.0 Å². The SMILES string of the molecule is O=C1CCC2=C1C(c1ccc(Cl)c(Cl)c1)C1SCCCC1=N2. The van der Waals surface area contributed by atoms with Crippen molar-refractivity contribution in [1.82, 2.24) is 0 Å². The first-order valence-corrected chi connectivity index (χ1v) is 9.36. The minimum atomic E-state index is 0.0811. The first kappa shape index (κ1) is 14.8. The van der Waals surface area contributed by atoms with Gasteiger partial charge in [0.1, 0.15) is 0 Å². The molecule has 1 fully saturated rings. The summed E-state index contributed by atoms with van der Waals surface area (Å²) in [5, 5.41) is 1.38. The summed E-state index contributed by atoms with van der Waals surface area (Å²) >= 11 is 14.2. The van der Waals surface area contributed by atoms with E-state index in [-0.39, 0.29) is 17.0 Å². The Bertz CT molecular complexity index is 725. The Labute approximate surface area is 144 Å². The number of ketones is 1. The third-order valence-electron chi connectivity index (χ3n) is 4.60. The number of hydrogen-bond acceptors (Lipinski definition) is 3. The zero-order chi connectivity index (χ0) is 15.3. The van der Waals surface area contributed by atoms with Crippen LogP contribution < -0.4 is 0 Å². The topological polar surface area (TPSA) is 29.4 Å². The van der Waals surface area contributed by atoms with E-state index in [4.69, 9.17) is 28.2 Å². The Hall–Kier alpha value is -0.770. The molecule has 114 valence electrons. The Morgan fingerprint density at radius 1 is 1.14 bits per heavy atom. The number of nitrogens with zero attached hydrogens (tertiary/aromatic N) is 1. The molecule has 2 aliphatic heterocycles. The summed E-state index contributed by atoms with van der Waals surface area (Å²) in [6.45, 7) is 0. The fourth-order valence-electron chi connectivity index (χ4n) is 3.61. The molecule has 1 aromatic carbocycles. The lowest BCUT2D eigenvalue weighted by molar-refractivity contribution is -0.115. The summed E-state index contributed by atoms with van der Waals surface area (Å²) in [7, 11) is 0. The fourth-order valence-corrected chi connectivity index (χ4v) is 5.33. The molecule has 0 N–H and O–H groups in total. The van der Waals surface area contributed by atoms with E-state index >= 15 is 0 Å². The molecule has 22 heavy (non-hydrogen) atoms. The highest BCUT2D eigenvalue weighted by Gasteiger charge is 2.42. The molecule has 0 radical (unpaired) electrons. The Kier molecular flexibility index (Phi) is 3.83. The molecular formula is C17H15Cl2NOS.